The zero-order chi connectivity index (χ0) is 15.0. The maximum Gasteiger partial charge on any atom is 0.303 e. The summed E-state index contributed by atoms with van der Waals surface area (Å²) in [6, 6.07) is 5.70. The zero-order valence-corrected chi connectivity index (χ0v) is 12.9. The Labute approximate surface area is 126 Å². The van der Waals surface area contributed by atoms with Crippen LogP contribution in [0.1, 0.15) is 24.8 Å². The fourth-order valence-corrected chi connectivity index (χ4v) is 2.27. The molecule has 0 aliphatic heterocycles. The zero-order valence-electron chi connectivity index (χ0n) is 11.3. The molecule has 1 amide bonds. The molecule has 0 fully saturated rings. The van der Waals surface area contributed by atoms with Crippen LogP contribution in [0.25, 0.3) is 0 Å². The maximum atomic E-state index is 11.6. The molecule has 6 heteroatoms. The van der Waals surface area contributed by atoms with E-state index in [-0.39, 0.29) is 12.3 Å². The molecule has 0 aliphatic carbocycles. The minimum absolute atomic E-state index is 0.0673. The largest absolute Gasteiger partial charge is 0.496 e. The van der Waals surface area contributed by atoms with Gasteiger partial charge in [-0.2, -0.15) is 0 Å². The predicted molar refractivity (Wildman–Crippen MR) is 78.9 cm³/mol. The number of methoxy groups -OCH3 is 1. The average molecular weight is 344 g/mol. The van der Waals surface area contributed by atoms with Crippen LogP contribution in [0.5, 0.6) is 5.75 Å². The van der Waals surface area contributed by atoms with E-state index in [4.69, 9.17) is 9.84 Å². The van der Waals surface area contributed by atoms with Gasteiger partial charge in [0.2, 0.25) is 5.91 Å². The number of benzene rings is 1. The van der Waals surface area contributed by atoms with Crippen molar-refractivity contribution in [2.24, 2.45) is 0 Å². The van der Waals surface area contributed by atoms with Gasteiger partial charge >= 0.3 is 5.97 Å². The van der Waals surface area contributed by atoms with Crippen LogP contribution < -0.4 is 10.1 Å². The first-order valence-electron chi connectivity index (χ1n) is 6.34. The van der Waals surface area contributed by atoms with Crippen molar-refractivity contribution in [2.45, 2.75) is 25.7 Å². The van der Waals surface area contributed by atoms with Crippen molar-refractivity contribution < 1.29 is 19.4 Å². The Balaban J connectivity index is 2.30. The van der Waals surface area contributed by atoms with Crippen LogP contribution in [-0.4, -0.2) is 30.6 Å². The van der Waals surface area contributed by atoms with Gasteiger partial charge < -0.3 is 15.2 Å². The summed E-state index contributed by atoms with van der Waals surface area (Å²) < 4.78 is 6.00. The van der Waals surface area contributed by atoms with E-state index >= 15 is 0 Å². The Morgan fingerprint density at radius 1 is 1.35 bits per heavy atom. The maximum absolute atomic E-state index is 11.6. The fraction of sp³-hybridized carbons (Fsp3) is 0.429. The van der Waals surface area contributed by atoms with Crippen molar-refractivity contribution in [2.75, 3.05) is 13.7 Å². The second-order valence-electron chi connectivity index (χ2n) is 4.32. The lowest BCUT2D eigenvalue weighted by Crippen LogP contribution is -2.25. The van der Waals surface area contributed by atoms with Crippen molar-refractivity contribution in [3.63, 3.8) is 0 Å². The number of hydrogen-bond donors (Lipinski definition) is 2. The summed E-state index contributed by atoms with van der Waals surface area (Å²) in [7, 11) is 1.60. The normalized spacial score (nSPS) is 10.1. The summed E-state index contributed by atoms with van der Waals surface area (Å²) in [6.07, 6.45) is 1.54. The standard InChI is InChI=1S/C14H18BrNO4/c1-20-12-6-4-10(9-11(12)15)5-7-13(17)16-8-2-3-14(18)19/h4,6,9H,2-3,5,7-8H2,1H3,(H,16,17)(H,18,19). The molecule has 0 saturated heterocycles. The number of ether oxygens (including phenoxy) is 1. The molecule has 5 nitrogen and oxygen atoms in total. The van der Waals surface area contributed by atoms with Gasteiger partial charge in [-0.25, -0.2) is 0 Å². The van der Waals surface area contributed by atoms with E-state index in [2.05, 4.69) is 21.2 Å². The molecule has 0 bridgehead atoms. The number of halogens is 1. The number of aryl methyl sites for hydroxylation is 1. The van der Waals surface area contributed by atoms with Crippen LogP contribution in [0.2, 0.25) is 0 Å². The lowest BCUT2D eigenvalue weighted by molar-refractivity contribution is -0.137. The van der Waals surface area contributed by atoms with Crippen molar-refractivity contribution in [1.82, 2.24) is 5.32 Å². The number of hydrogen-bond acceptors (Lipinski definition) is 3. The van der Waals surface area contributed by atoms with Gasteiger partial charge in [-0.15, -0.1) is 0 Å². The molecule has 0 unspecified atom stereocenters. The highest BCUT2D eigenvalue weighted by Crippen LogP contribution is 2.25. The van der Waals surface area contributed by atoms with E-state index in [1.165, 1.54) is 0 Å². The SMILES string of the molecule is COc1ccc(CCC(=O)NCCCC(=O)O)cc1Br. The van der Waals surface area contributed by atoms with Gasteiger partial charge in [-0.1, -0.05) is 6.07 Å². The predicted octanol–water partition coefficient (Wildman–Crippen LogP) is 2.37. The third kappa shape index (κ3) is 6.06. The molecule has 0 saturated carbocycles. The molecule has 0 aliphatic rings. The summed E-state index contributed by atoms with van der Waals surface area (Å²) in [5.41, 5.74) is 1.04. The Morgan fingerprint density at radius 2 is 2.10 bits per heavy atom. The monoisotopic (exact) mass is 343 g/mol. The minimum atomic E-state index is -0.845. The first kappa shape index (κ1) is 16.5. The van der Waals surface area contributed by atoms with Crippen LogP contribution in [0, 0.1) is 0 Å². The van der Waals surface area contributed by atoms with Crippen molar-refractivity contribution in [3.05, 3.63) is 28.2 Å². The minimum Gasteiger partial charge on any atom is -0.496 e. The lowest BCUT2D eigenvalue weighted by atomic mass is 10.1. The molecule has 2 N–H and O–H groups in total. The first-order valence-corrected chi connectivity index (χ1v) is 7.13. The van der Waals surface area contributed by atoms with E-state index < -0.39 is 5.97 Å². The van der Waals surface area contributed by atoms with Gasteiger partial charge in [-0.3, -0.25) is 9.59 Å². The number of carboxylic acid groups (broad SMARTS) is 1. The lowest BCUT2D eigenvalue weighted by Gasteiger charge is -2.07. The van der Waals surface area contributed by atoms with Gasteiger partial charge in [-0.05, 0) is 46.5 Å². The molecular formula is C14H18BrNO4. The Hall–Kier alpha value is -1.56. The molecule has 0 atom stereocenters. The average Bonchev–Trinajstić information content (AvgIpc) is 2.41. The summed E-state index contributed by atoms with van der Waals surface area (Å²) in [5, 5.41) is 11.2. The number of nitrogens with one attached hydrogen (secondary N) is 1. The molecule has 0 radical (unpaired) electrons. The van der Waals surface area contributed by atoms with Crippen LogP contribution in [0.4, 0.5) is 0 Å². The highest BCUT2D eigenvalue weighted by atomic mass is 79.9. The number of carboxylic acids is 1. The summed E-state index contributed by atoms with van der Waals surface area (Å²) >= 11 is 3.40. The Morgan fingerprint density at radius 3 is 2.70 bits per heavy atom. The molecular weight excluding hydrogens is 326 g/mol. The number of carbonyl (C=O) groups excluding carboxylic acids is 1. The molecule has 1 rings (SSSR count). The van der Waals surface area contributed by atoms with Crippen molar-refractivity contribution in [1.29, 1.82) is 0 Å². The topological polar surface area (TPSA) is 75.6 Å². The van der Waals surface area contributed by atoms with Crippen LogP contribution in [-0.2, 0) is 16.0 Å². The van der Waals surface area contributed by atoms with Gasteiger partial charge in [0.05, 0.1) is 11.6 Å². The van der Waals surface area contributed by atoms with Gasteiger partial charge in [0.1, 0.15) is 5.75 Å². The number of carbonyl (C=O) groups is 2. The van der Waals surface area contributed by atoms with Gasteiger partial charge in [0.25, 0.3) is 0 Å². The van der Waals surface area contributed by atoms with Gasteiger partial charge in [0, 0.05) is 19.4 Å². The summed E-state index contributed by atoms with van der Waals surface area (Å²) in [6.45, 7) is 0.400. The molecule has 0 heterocycles. The molecule has 0 spiro atoms. The number of amides is 1. The molecule has 0 aromatic heterocycles. The third-order valence-corrected chi connectivity index (χ3v) is 3.37. The number of aliphatic carboxylic acids is 1. The van der Waals surface area contributed by atoms with Gasteiger partial charge in [0.15, 0.2) is 0 Å². The Bertz CT molecular complexity index is 476. The fourth-order valence-electron chi connectivity index (χ4n) is 1.68. The summed E-state index contributed by atoms with van der Waals surface area (Å²) in [4.78, 5) is 21.9. The van der Waals surface area contributed by atoms with E-state index in [9.17, 15) is 9.59 Å². The third-order valence-electron chi connectivity index (χ3n) is 2.75. The van der Waals surface area contributed by atoms with Crippen molar-refractivity contribution >= 4 is 27.8 Å². The molecule has 1 aromatic carbocycles. The molecule has 1 aromatic rings. The van der Waals surface area contributed by atoms with E-state index in [1.807, 2.05) is 18.2 Å². The van der Waals surface area contributed by atoms with E-state index in [1.54, 1.807) is 7.11 Å². The van der Waals surface area contributed by atoms with Crippen LogP contribution >= 0.6 is 15.9 Å². The van der Waals surface area contributed by atoms with E-state index in [0.717, 1.165) is 15.8 Å². The first-order chi connectivity index (χ1) is 9.52. The quantitative estimate of drug-likeness (QED) is 0.710. The van der Waals surface area contributed by atoms with Crippen molar-refractivity contribution in [3.8, 4) is 5.75 Å². The smallest absolute Gasteiger partial charge is 0.303 e. The highest BCUT2D eigenvalue weighted by molar-refractivity contribution is 9.10. The van der Waals surface area contributed by atoms with Crippen LogP contribution in [0.15, 0.2) is 22.7 Å². The molecule has 20 heavy (non-hydrogen) atoms. The Kier molecular flexibility index (Phi) is 7.08. The van der Waals surface area contributed by atoms with Crippen LogP contribution in [0.3, 0.4) is 0 Å². The second kappa shape index (κ2) is 8.58. The number of rotatable bonds is 8. The summed E-state index contributed by atoms with van der Waals surface area (Å²) in [5.74, 6) is -0.156. The second-order valence-corrected chi connectivity index (χ2v) is 5.17. The van der Waals surface area contributed by atoms with E-state index in [0.29, 0.717) is 25.8 Å². The highest BCUT2D eigenvalue weighted by Gasteiger charge is 2.05. The molecule has 110 valence electrons.